The van der Waals surface area contributed by atoms with Crippen LogP contribution in [0.3, 0.4) is 0 Å². The molecule has 3 nitrogen and oxygen atoms in total. The zero-order valence-corrected chi connectivity index (χ0v) is 9.53. The molecule has 0 aliphatic heterocycles. The summed E-state index contributed by atoms with van der Waals surface area (Å²) in [6, 6.07) is 6.06. The van der Waals surface area contributed by atoms with Crippen molar-refractivity contribution in [2.75, 3.05) is 6.61 Å². The zero-order chi connectivity index (χ0) is 11.3. The molecule has 1 saturated carbocycles. The molecule has 16 heavy (non-hydrogen) atoms. The molecule has 3 rings (SSSR count). The molecule has 2 unspecified atom stereocenters. The summed E-state index contributed by atoms with van der Waals surface area (Å²) in [6.07, 6.45) is 1.06. The lowest BCUT2D eigenvalue weighted by Gasteiger charge is -2.13. The number of benzene rings is 1. The minimum absolute atomic E-state index is 0.0329. The Bertz CT molecular complexity index is 542. The molecule has 84 valence electrons. The third-order valence-corrected chi connectivity index (χ3v) is 3.81. The number of aromatic nitrogens is 1. The first-order valence-corrected chi connectivity index (χ1v) is 5.64. The van der Waals surface area contributed by atoms with Crippen LogP contribution in [0.1, 0.15) is 24.8 Å². The number of aryl methyl sites for hydroxylation is 1. The maximum atomic E-state index is 9.51. The molecule has 0 bridgehead atoms. The summed E-state index contributed by atoms with van der Waals surface area (Å²) in [4.78, 5) is 4.27. The Balaban J connectivity index is 2.11. The van der Waals surface area contributed by atoms with Crippen LogP contribution < -0.4 is 0 Å². The molecule has 0 amide bonds. The van der Waals surface area contributed by atoms with Gasteiger partial charge in [-0.15, -0.1) is 0 Å². The molecule has 1 fully saturated rings. The fourth-order valence-electron chi connectivity index (χ4n) is 2.55. The molecule has 1 N–H and O–H groups in total. The highest BCUT2D eigenvalue weighted by atomic mass is 16.3. The van der Waals surface area contributed by atoms with E-state index in [-0.39, 0.29) is 12.0 Å². The lowest BCUT2D eigenvalue weighted by atomic mass is 9.94. The van der Waals surface area contributed by atoms with Gasteiger partial charge >= 0.3 is 0 Å². The van der Waals surface area contributed by atoms with E-state index in [9.17, 15) is 5.11 Å². The highest BCUT2D eigenvalue weighted by molar-refractivity contribution is 5.74. The number of hydrogen-bond donors (Lipinski definition) is 1. The number of rotatable bonds is 2. The Morgan fingerprint density at radius 2 is 2.31 bits per heavy atom. The summed E-state index contributed by atoms with van der Waals surface area (Å²) >= 11 is 0. The predicted octanol–water partition coefficient (Wildman–Crippen LogP) is 2.41. The number of aliphatic hydroxyl groups is 1. The van der Waals surface area contributed by atoms with Gasteiger partial charge in [0.1, 0.15) is 5.52 Å². The predicted molar refractivity (Wildman–Crippen MR) is 61.3 cm³/mol. The van der Waals surface area contributed by atoms with E-state index in [4.69, 9.17) is 4.42 Å². The highest BCUT2D eigenvalue weighted by Crippen LogP contribution is 2.53. The summed E-state index contributed by atoms with van der Waals surface area (Å²) in [7, 11) is 0. The van der Waals surface area contributed by atoms with Crippen LogP contribution in [0.15, 0.2) is 22.6 Å². The third-order valence-electron chi connectivity index (χ3n) is 3.81. The zero-order valence-electron chi connectivity index (χ0n) is 9.53. The van der Waals surface area contributed by atoms with Gasteiger partial charge in [0.05, 0.1) is 6.61 Å². The van der Waals surface area contributed by atoms with Crippen molar-refractivity contribution in [2.45, 2.75) is 25.7 Å². The van der Waals surface area contributed by atoms with E-state index in [1.54, 1.807) is 0 Å². The van der Waals surface area contributed by atoms with Gasteiger partial charge in [0.25, 0.3) is 0 Å². The molecule has 2 atom stereocenters. The summed E-state index contributed by atoms with van der Waals surface area (Å²) in [5.41, 5.74) is 2.85. The molecule has 0 saturated heterocycles. The van der Waals surface area contributed by atoms with Crippen LogP contribution in [-0.4, -0.2) is 16.7 Å². The van der Waals surface area contributed by atoms with Crippen LogP contribution in [0.25, 0.3) is 11.1 Å². The Hall–Kier alpha value is -1.35. The van der Waals surface area contributed by atoms with Gasteiger partial charge in [-0.3, -0.25) is 0 Å². The van der Waals surface area contributed by atoms with E-state index in [1.165, 1.54) is 5.56 Å². The fourth-order valence-corrected chi connectivity index (χ4v) is 2.55. The topological polar surface area (TPSA) is 46.3 Å². The molecular weight excluding hydrogens is 202 g/mol. The summed E-state index contributed by atoms with van der Waals surface area (Å²) in [5, 5.41) is 9.51. The van der Waals surface area contributed by atoms with Crippen LogP contribution in [-0.2, 0) is 5.41 Å². The van der Waals surface area contributed by atoms with E-state index in [0.717, 1.165) is 17.5 Å². The first-order chi connectivity index (χ1) is 7.65. The average molecular weight is 217 g/mol. The standard InChI is InChI=1S/C13H15NO2/c1-8-6-13(8,7-15)10-3-4-11-12(5-10)16-9(2)14-11/h3-5,8,15H,6-7H2,1-2H3. The molecule has 0 spiro atoms. The van der Waals surface area contributed by atoms with E-state index in [0.29, 0.717) is 11.8 Å². The van der Waals surface area contributed by atoms with E-state index in [1.807, 2.05) is 19.1 Å². The number of nitrogens with zero attached hydrogens (tertiary/aromatic N) is 1. The maximum Gasteiger partial charge on any atom is 0.192 e. The van der Waals surface area contributed by atoms with Gasteiger partial charge in [-0.05, 0) is 30.0 Å². The van der Waals surface area contributed by atoms with Gasteiger partial charge in [0.15, 0.2) is 11.5 Å². The monoisotopic (exact) mass is 217 g/mol. The lowest BCUT2D eigenvalue weighted by molar-refractivity contribution is 0.247. The van der Waals surface area contributed by atoms with Crippen molar-refractivity contribution in [3.8, 4) is 0 Å². The van der Waals surface area contributed by atoms with Crippen LogP contribution >= 0.6 is 0 Å². The van der Waals surface area contributed by atoms with Crippen molar-refractivity contribution in [3.63, 3.8) is 0 Å². The third kappa shape index (κ3) is 1.21. The summed E-state index contributed by atoms with van der Waals surface area (Å²) in [5.74, 6) is 1.24. The van der Waals surface area contributed by atoms with Gasteiger partial charge in [-0.25, -0.2) is 4.98 Å². The van der Waals surface area contributed by atoms with Gasteiger partial charge in [0, 0.05) is 12.3 Å². The van der Waals surface area contributed by atoms with Crippen LogP contribution in [0.5, 0.6) is 0 Å². The quantitative estimate of drug-likeness (QED) is 0.840. The van der Waals surface area contributed by atoms with Crippen molar-refractivity contribution < 1.29 is 9.52 Å². The number of oxazole rings is 1. The van der Waals surface area contributed by atoms with Crippen LogP contribution in [0.2, 0.25) is 0 Å². The Morgan fingerprint density at radius 3 is 2.94 bits per heavy atom. The van der Waals surface area contributed by atoms with E-state index < -0.39 is 0 Å². The molecule has 1 aliphatic rings. The van der Waals surface area contributed by atoms with Crippen LogP contribution in [0.4, 0.5) is 0 Å². The molecular formula is C13H15NO2. The summed E-state index contributed by atoms with van der Waals surface area (Å²) in [6.45, 7) is 4.24. The smallest absolute Gasteiger partial charge is 0.192 e. The minimum atomic E-state index is -0.0329. The highest BCUT2D eigenvalue weighted by Gasteiger charge is 2.51. The lowest BCUT2D eigenvalue weighted by Crippen LogP contribution is -2.14. The first kappa shape index (κ1) is 9.85. The molecule has 2 aromatic rings. The Labute approximate surface area is 94.1 Å². The fraction of sp³-hybridized carbons (Fsp3) is 0.462. The largest absolute Gasteiger partial charge is 0.441 e. The SMILES string of the molecule is Cc1nc2ccc(C3(CO)CC3C)cc2o1. The van der Waals surface area contributed by atoms with Crippen LogP contribution in [0, 0.1) is 12.8 Å². The second-order valence-corrected chi connectivity index (χ2v) is 4.83. The number of fused-ring (bicyclic) bond motifs is 1. The van der Waals surface area contributed by atoms with Gasteiger partial charge in [-0.1, -0.05) is 13.0 Å². The molecule has 1 aliphatic carbocycles. The Kier molecular flexibility index (Phi) is 1.89. The molecule has 1 aromatic heterocycles. The average Bonchev–Trinajstić information content (AvgIpc) is 2.79. The number of hydrogen-bond acceptors (Lipinski definition) is 3. The maximum absolute atomic E-state index is 9.51. The van der Waals surface area contributed by atoms with Gasteiger partial charge < -0.3 is 9.52 Å². The molecule has 0 radical (unpaired) electrons. The molecule has 1 aromatic carbocycles. The van der Waals surface area contributed by atoms with Crippen molar-refractivity contribution in [2.24, 2.45) is 5.92 Å². The van der Waals surface area contributed by atoms with E-state index in [2.05, 4.69) is 18.0 Å². The molecule has 3 heteroatoms. The normalized spacial score (nSPS) is 28.6. The van der Waals surface area contributed by atoms with Crippen molar-refractivity contribution in [1.82, 2.24) is 4.98 Å². The Morgan fingerprint density at radius 1 is 1.56 bits per heavy atom. The first-order valence-electron chi connectivity index (χ1n) is 5.64. The minimum Gasteiger partial charge on any atom is -0.441 e. The van der Waals surface area contributed by atoms with Crippen molar-refractivity contribution >= 4 is 11.1 Å². The van der Waals surface area contributed by atoms with E-state index >= 15 is 0 Å². The van der Waals surface area contributed by atoms with Gasteiger partial charge in [-0.2, -0.15) is 0 Å². The van der Waals surface area contributed by atoms with Gasteiger partial charge in [0.2, 0.25) is 0 Å². The number of aliphatic hydroxyl groups excluding tert-OH is 1. The summed E-state index contributed by atoms with van der Waals surface area (Å²) < 4.78 is 5.52. The molecule has 1 heterocycles. The van der Waals surface area contributed by atoms with Crippen molar-refractivity contribution in [1.29, 1.82) is 0 Å². The second kappa shape index (κ2) is 3.08. The van der Waals surface area contributed by atoms with Crippen molar-refractivity contribution in [3.05, 3.63) is 29.7 Å². The second-order valence-electron chi connectivity index (χ2n) is 4.83.